The second-order valence-electron chi connectivity index (χ2n) is 4.71. The minimum absolute atomic E-state index is 0.203. The van der Waals surface area contributed by atoms with Crippen LogP contribution in [-0.2, 0) is 12.8 Å². The number of benzene rings is 1. The van der Waals surface area contributed by atoms with Crippen LogP contribution in [0.1, 0.15) is 35.9 Å². The normalized spacial score (nSPS) is 12.6. The van der Waals surface area contributed by atoms with Gasteiger partial charge in [0.1, 0.15) is 5.82 Å². The van der Waals surface area contributed by atoms with Gasteiger partial charge in [0.15, 0.2) is 0 Å². The van der Waals surface area contributed by atoms with Gasteiger partial charge in [-0.3, -0.25) is 0 Å². The Morgan fingerprint density at radius 2 is 2.05 bits per heavy atom. The molecule has 0 fully saturated rings. The Kier molecular flexibility index (Phi) is 5.75. The maximum Gasteiger partial charge on any atom is 0.124 e. The lowest BCUT2D eigenvalue weighted by Gasteiger charge is -2.19. The highest BCUT2D eigenvalue weighted by atomic mass is 79.9. The molecule has 0 bridgehead atoms. The summed E-state index contributed by atoms with van der Waals surface area (Å²) in [6.45, 7) is 5.22. The molecule has 0 aliphatic carbocycles. The molecule has 1 unspecified atom stereocenters. The molecule has 2 rings (SSSR count). The molecule has 1 atom stereocenters. The van der Waals surface area contributed by atoms with Crippen molar-refractivity contribution in [3.63, 3.8) is 0 Å². The first-order valence-electron chi connectivity index (χ1n) is 6.89. The lowest BCUT2D eigenvalue weighted by molar-refractivity contribution is 0.552. The minimum atomic E-state index is -0.203. The summed E-state index contributed by atoms with van der Waals surface area (Å²) in [5.41, 5.74) is 2.53. The SMILES string of the molecule is CCNC(Cc1ccc(F)cc1Br)c1sccc1CC. The number of hydrogen-bond donors (Lipinski definition) is 1. The Balaban J connectivity index is 2.25. The van der Waals surface area contributed by atoms with Crippen LogP contribution in [0.2, 0.25) is 0 Å². The average Bonchev–Trinajstić information content (AvgIpc) is 2.89. The molecule has 2 aromatic rings. The highest BCUT2D eigenvalue weighted by molar-refractivity contribution is 9.10. The van der Waals surface area contributed by atoms with Crippen molar-refractivity contribution >= 4 is 27.3 Å². The number of rotatable bonds is 6. The Hall–Kier alpha value is -0.710. The number of hydrogen-bond acceptors (Lipinski definition) is 2. The van der Waals surface area contributed by atoms with E-state index in [1.807, 2.05) is 6.07 Å². The molecule has 0 aliphatic rings. The molecular formula is C16H19BrFNS. The van der Waals surface area contributed by atoms with Crippen molar-refractivity contribution in [3.8, 4) is 0 Å². The van der Waals surface area contributed by atoms with Gasteiger partial charge in [0, 0.05) is 15.4 Å². The number of thiophene rings is 1. The van der Waals surface area contributed by atoms with E-state index in [0.717, 1.165) is 29.4 Å². The predicted molar refractivity (Wildman–Crippen MR) is 87.9 cm³/mol. The zero-order valence-electron chi connectivity index (χ0n) is 11.7. The topological polar surface area (TPSA) is 12.0 Å². The van der Waals surface area contributed by atoms with Gasteiger partial charge in [-0.2, -0.15) is 0 Å². The molecule has 0 saturated heterocycles. The molecule has 0 saturated carbocycles. The number of aryl methyl sites for hydroxylation is 1. The van der Waals surface area contributed by atoms with Gasteiger partial charge in [0.25, 0.3) is 0 Å². The standard InChI is InChI=1S/C16H19BrFNS/c1-3-11-7-8-20-16(11)15(19-4-2)9-12-5-6-13(18)10-14(12)17/h5-8,10,15,19H,3-4,9H2,1-2H3. The smallest absolute Gasteiger partial charge is 0.124 e. The second kappa shape index (κ2) is 7.34. The summed E-state index contributed by atoms with van der Waals surface area (Å²) in [4.78, 5) is 1.39. The summed E-state index contributed by atoms with van der Waals surface area (Å²) >= 11 is 5.26. The van der Waals surface area contributed by atoms with Crippen LogP contribution in [0.3, 0.4) is 0 Å². The fourth-order valence-corrected chi connectivity index (χ4v) is 3.94. The third-order valence-electron chi connectivity index (χ3n) is 3.37. The molecule has 1 N–H and O–H groups in total. The molecule has 1 aromatic carbocycles. The van der Waals surface area contributed by atoms with Gasteiger partial charge in [-0.1, -0.05) is 35.8 Å². The average molecular weight is 356 g/mol. The van der Waals surface area contributed by atoms with Crippen LogP contribution in [0.25, 0.3) is 0 Å². The van der Waals surface area contributed by atoms with E-state index in [9.17, 15) is 4.39 Å². The van der Waals surface area contributed by atoms with Crippen LogP contribution in [-0.4, -0.2) is 6.54 Å². The number of nitrogens with one attached hydrogen (secondary N) is 1. The lowest BCUT2D eigenvalue weighted by atomic mass is 10.0. The van der Waals surface area contributed by atoms with Crippen molar-refractivity contribution in [1.29, 1.82) is 0 Å². The summed E-state index contributed by atoms with van der Waals surface area (Å²) in [5, 5.41) is 5.70. The lowest BCUT2D eigenvalue weighted by Crippen LogP contribution is -2.23. The van der Waals surface area contributed by atoms with E-state index in [-0.39, 0.29) is 11.9 Å². The van der Waals surface area contributed by atoms with Gasteiger partial charge in [0.05, 0.1) is 0 Å². The van der Waals surface area contributed by atoms with Crippen LogP contribution in [0.4, 0.5) is 4.39 Å². The number of likely N-dealkylation sites (N-methyl/N-ethyl adjacent to an activating group) is 1. The quantitative estimate of drug-likeness (QED) is 0.759. The molecule has 20 heavy (non-hydrogen) atoms. The van der Waals surface area contributed by atoms with Crippen LogP contribution in [0, 0.1) is 5.82 Å². The van der Waals surface area contributed by atoms with E-state index in [4.69, 9.17) is 0 Å². The Bertz CT molecular complexity index is 567. The van der Waals surface area contributed by atoms with Crippen molar-refractivity contribution in [2.24, 2.45) is 0 Å². The monoisotopic (exact) mass is 355 g/mol. The zero-order valence-corrected chi connectivity index (χ0v) is 14.2. The molecular weight excluding hydrogens is 337 g/mol. The van der Waals surface area contributed by atoms with Gasteiger partial charge >= 0.3 is 0 Å². The molecule has 1 heterocycles. The Morgan fingerprint density at radius 1 is 1.25 bits per heavy atom. The third-order valence-corrected chi connectivity index (χ3v) is 5.18. The number of halogens is 2. The summed E-state index contributed by atoms with van der Waals surface area (Å²) in [5.74, 6) is -0.203. The minimum Gasteiger partial charge on any atom is -0.309 e. The Labute approximate surface area is 132 Å². The van der Waals surface area contributed by atoms with Crippen LogP contribution < -0.4 is 5.32 Å². The highest BCUT2D eigenvalue weighted by Gasteiger charge is 2.17. The summed E-state index contributed by atoms with van der Waals surface area (Å²) in [7, 11) is 0. The first-order chi connectivity index (χ1) is 9.65. The van der Waals surface area contributed by atoms with E-state index >= 15 is 0 Å². The van der Waals surface area contributed by atoms with Crippen molar-refractivity contribution < 1.29 is 4.39 Å². The molecule has 0 aliphatic heterocycles. The van der Waals surface area contributed by atoms with Crippen molar-refractivity contribution in [1.82, 2.24) is 5.32 Å². The zero-order chi connectivity index (χ0) is 14.5. The molecule has 4 heteroatoms. The van der Waals surface area contributed by atoms with E-state index in [2.05, 4.69) is 46.5 Å². The van der Waals surface area contributed by atoms with Gasteiger partial charge in [-0.05, 0) is 54.1 Å². The summed E-state index contributed by atoms with van der Waals surface area (Å²) in [6.07, 6.45) is 1.91. The fourth-order valence-electron chi connectivity index (χ4n) is 2.36. The predicted octanol–water partition coefficient (Wildman–Crippen LogP) is 5.11. The van der Waals surface area contributed by atoms with Crippen LogP contribution in [0.5, 0.6) is 0 Å². The van der Waals surface area contributed by atoms with Crippen molar-refractivity contribution in [2.45, 2.75) is 32.7 Å². The van der Waals surface area contributed by atoms with Crippen molar-refractivity contribution in [2.75, 3.05) is 6.54 Å². The maximum atomic E-state index is 13.2. The maximum absolute atomic E-state index is 13.2. The van der Waals surface area contributed by atoms with E-state index in [1.54, 1.807) is 11.3 Å². The molecule has 108 valence electrons. The molecule has 1 nitrogen and oxygen atoms in total. The largest absolute Gasteiger partial charge is 0.309 e. The molecule has 0 amide bonds. The van der Waals surface area contributed by atoms with Gasteiger partial charge in [-0.25, -0.2) is 4.39 Å². The Morgan fingerprint density at radius 3 is 2.70 bits per heavy atom. The molecule has 0 radical (unpaired) electrons. The highest BCUT2D eigenvalue weighted by Crippen LogP contribution is 2.30. The van der Waals surface area contributed by atoms with Gasteiger partial charge in [0.2, 0.25) is 0 Å². The molecule has 0 spiro atoms. The van der Waals surface area contributed by atoms with E-state index in [1.165, 1.54) is 22.6 Å². The third kappa shape index (κ3) is 3.68. The first-order valence-corrected chi connectivity index (χ1v) is 8.56. The van der Waals surface area contributed by atoms with Crippen LogP contribution >= 0.6 is 27.3 Å². The van der Waals surface area contributed by atoms with Gasteiger partial charge in [-0.15, -0.1) is 11.3 Å². The fraction of sp³-hybridized carbons (Fsp3) is 0.375. The summed E-state index contributed by atoms with van der Waals surface area (Å²) < 4.78 is 14.0. The molecule has 1 aromatic heterocycles. The van der Waals surface area contributed by atoms with E-state index in [0.29, 0.717) is 0 Å². The second-order valence-corrected chi connectivity index (χ2v) is 6.52. The van der Waals surface area contributed by atoms with E-state index < -0.39 is 0 Å². The van der Waals surface area contributed by atoms with Crippen molar-refractivity contribution in [3.05, 3.63) is 55.9 Å². The van der Waals surface area contributed by atoms with Gasteiger partial charge < -0.3 is 5.32 Å². The first kappa shape index (κ1) is 15.7. The summed E-state index contributed by atoms with van der Waals surface area (Å²) in [6, 6.07) is 7.41. The van der Waals surface area contributed by atoms with Crippen LogP contribution in [0.15, 0.2) is 34.1 Å².